The Morgan fingerprint density at radius 3 is 2.06 bits per heavy atom. The molecule has 0 saturated heterocycles. The number of hydrogen-bond donors (Lipinski definition) is 2. The van der Waals surface area contributed by atoms with Crippen molar-refractivity contribution in [1.82, 2.24) is 24.9 Å². The number of H-pyrrole nitrogens is 2. The minimum absolute atomic E-state index is 0.807. The smallest absolute Gasteiger partial charge is 0.166 e. The van der Waals surface area contributed by atoms with Gasteiger partial charge in [-0.2, -0.15) is 0 Å². The average molecular weight is 478 g/mol. The van der Waals surface area contributed by atoms with E-state index in [9.17, 15) is 0 Å². The van der Waals surface area contributed by atoms with E-state index in [2.05, 4.69) is 50.0 Å². The Labute approximate surface area is 199 Å². The van der Waals surface area contributed by atoms with Gasteiger partial charge in [-0.15, -0.1) is 11.8 Å². The van der Waals surface area contributed by atoms with Gasteiger partial charge >= 0.3 is 0 Å². The van der Waals surface area contributed by atoms with Crippen LogP contribution < -0.4 is 0 Å². The summed E-state index contributed by atoms with van der Waals surface area (Å²) in [5, 5.41) is 1.94. The van der Waals surface area contributed by atoms with Crippen molar-refractivity contribution in [2.75, 3.05) is 11.5 Å². The molecule has 0 spiro atoms. The Kier molecular flexibility index (Phi) is 6.71. The standard InChI is InChI=1S/C24H23N5S3/c1-16-21(15-32-24-28-19-9-4-5-10-20(19)29-24)25-12-11-22(16)30-13-6-14-31-23-26-17-7-2-3-8-18(17)27-23/h2-5,7-12H,6,13-15H2,1H3,(H,26,27)(H,28,29). The predicted molar refractivity (Wildman–Crippen MR) is 137 cm³/mol. The second-order valence-electron chi connectivity index (χ2n) is 7.34. The summed E-state index contributed by atoms with van der Waals surface area (Å²) >= 11 is 5.40. The second-order valence-corrected chi connectivity index (χ2v) is 10.5. The number of para-hydroxylation sites is 4. The fourth-order valence-corrected chi connectivity index (χ4v) is 6.32. The summed E-state index contributed by atoms with van der Waals surface area (Å²) in [5.41, 5.74) is 6.60. The Morgan fingerprint density at radius 2 is 1.38 bits per heavy atom. The molecule has 0 aliphatic carbocycles. The van der Waals surface area contributed by atoms with Crippen molar-refractivity contribution in [1.29, 1.82) is 0 Å². The molecule has 0 saturated carbocycles. The number of nitrogens with one attached hydrogen (secondary N) is 2. The SMILES string of the molecule is Cc1c(SCCCSc2nc3ccccc3[nH]2)ccnc1CSc1nc2ccccc2[nH]1. The number of hydrogen-bond acceptors (Lipinski definition) is 6. The minimum atomic E-state index is 0.807. The van der Waals surface area contributed by atoms with E-state index < -0.39 is 0 Å². The molecule has 5 aromatic rings. The van der Waals surface area contributed by atoms with E-state index in [1.165, 1.54) is 10.5 Å². The van der Waals surface area contributed by atoms with E-state index in [1.807, 2.05) is 54.4 Å². The summed E-state index contributed by atoms with van der Waals surface area (Å²) in [5.74, 6) is 2.93. The van der Waals surface area contributed by atoms with Gasteiger partial charge in [0, 0.05) is 22.6 Å². The molecular weight excluding hydrogens is 455 g/mol. The van der Waals surface area contributed by atoms with Crippen LogP contribution in [0.1, 0.15) is 17.7 Å². The molecule has 0 radical (unpaired) electrons. The minimum Gasteiger partial charge on any atom is -0.333 e. The highest BCUT2D eigenvalue weighted by Gasteiger charge is 2.09. The van der Waals surface area contributed by atoms with E-state index >= 15 is 0 Å². The zero-order valence-corrected chi connectivity index (χ0v) is 20.1. The van der Waals surface area contributed by atoms with Gasteiger partial charge in [0.1, 0.15) is 0 Å². The summed E-state index contributed by atoms with van der Waals surface area (Å²) in [4.78, 5) is 22.0. The highest BCUT2D eigenvalue weighted by molar-refractivity contribution is 8.00. The Bertz CT molecular complexity index is 1280. The van der Waals surface area contributed by atoms with Gasteiger partial charge in [-0.1, -0.05) is 47.8 Å². The van der Waals surface area contributed by atoms with Crippen LogP contribution in [0.15, 0.2) is 76.0 Å². The van der Waals surface area contributed by atoms with Crippen molar-refractivity contribution in [3.8, 4) is 0 Å². The number of imidazole rings is 2. The molecule has 0 atom stereocenters. The topological polar surface area (TPSA) is 70.2 Å². The maximum atomic E-state index is 4.65. The maximum Gasteiger partial charge on any atom is 0.166 e. The number of aromatic amines is 2. The highest BCUT2D eigenvalue weighted by atomic mass is 32.2. The first-order valence-electron chi connectivity index (χ1n) is 10.5. The fourth-order valence-electron chi connectivity index (χ4n) is 3.40. The molecule has 2 aromatic carbocycles. The van der Waals surface area contributed by atoms with Crippen molar-refractivity contribution >= 4 is 57.4 Å². The van der Waals surface area contributed by atoms with E-state index in [-0.39, 0.29) is 0 Å². The van der Waals surface area contributed by atoms with Gasteiger partial charge in [0.05, 0.1) is 27.8 Å². The number of thioether (sulfide) groups is 3. The van der Waals surface area contributed by atoms with Crippen LogP contribution in [0.2, 0.25) is 0 Å². The molecular formula is C24H23N5S3. The van der Waals surface area contributed by atoms with Crippen LogP contribution in [-0.2, 0) is 5.75 Å². The monoisotopic (exact) mass is 477 g/mol. The first-order valence-corrected chi connectivity index (χ1v) is 13.4. The zero-order chi connectivity index (χ0) is 21.8. The molecule has 0 amide bonds. The van der Waals surface area contributed by atoms with Crippen LogP contribution in [0.5, 0.6) is 0 Å². The Hall–Kier alpha value is -2.42. The number of rotatable bonds is 9. The number of benzene rings is 2. The van der Waals surface area contributed by atoms with Crippen LogP contribution in [-0.4, -0.2) is 36.4 Å². The lowest BCUT2D eigenvalue weighted by Gasteiger charge is -2.09. The number of pyridine rings is 1. The molecule has 0 bridgehead atoms. The maximum absolute atomic E-state index is 4.65. The average Bonchev–Trinajstić information content (AvgIpc) is 3.42. The third kappa shape index (κ3) is 4.98. The van der Waals surface area contributed by atoms with Gasteiger partial charge in [0.25, 0.3) is 0 Å². The fraction of sp³-hybridized carbons (Fsp3) is 0.208. The van der Waals surface area contributed by atoms with Crippen LogP contribution in [0, 0.1) is 6.92 Å². The molecule has 3 aromatic heterocycles. The van der Waals surface area contributed by atoms with Crippen LogP contribution >= 0.6 is 35.3 Å². The third-order valence-corrected chi connectivity index (χ3v) is 8.21. The van der Waals surface area contributed by atoms with Crippen LogP contribution in [0.3, 0.4) is 0 Å². The van der Waals surface area contributed by atoms with Crippen molar-refractivity contribution in [3.63, 3.8) is 0 Å². The van der Waals surface area contributed by atoms with Crippen molar-refractivity contribution < 1.29 is 0 Å². The number of fused-ring (bicyclic) bond motifs is 2. The lowest BCUT2D eigenvalue weighted by atomic mass is 10.2. The van der Waals surface area contributed by atoms with E-state index in [0.29, 0.717) is 0 Å². The van der Waals surface area contributed by atoms with Crippen molar-refractivity contribution in [2.24, 2.45) is 0 Å². The van der Waals surface area contributed by atoms with Crippen molar-refractivity contribution in [3.05, 3.63) is 72.1 Å². The van der Waals surface area contributed by atoms with E-state index in [4.69, 9.17) is 0 Å². The summed E-state index contributed by atoms with van der Waals surface area (Å²) < 4.78 is 0. The van der Waals surface area contributed by atoms with Crippen LogP contribution in [0.4, 0.5) is 0 Å². The second kappa shape index (κ2) is 10.0. The summed E-state index contributed by atoms with van der Waals surface area (Å²) in [7, 11) is 0. The molecule has 8 heteroatoms. The van der Waals surface area contributed by atoms with E-state index in [0.717, 1.165) is 61.8 Å². The summed E-state index contributed by atoms with van der Waals surface area (Å²) in [6, 6.07) is 18.4. The lowest BCUT2D eigenvalue weighted by Crippen LogP contribution is -1.95. The molecule has 0 unspecified atom stereocenters. The summed E-state index contributed by atoms with van der Waals surface area (Å²) in [6.45, 7) is 2.17. The zero-order valence-electron chi connectivity index (χ0n) is 17.7. The van der Waals surface area contributed by atoms with Gasteiger partial charge in [-0.3, -0.25) is 4.98 Å². The molecule has 0 aliphatic rings. The summed E-state index contributed by atoms with van der Waals surface area (Å²) in [6.07, 6.45) is 3.05. The molecule has 0 aliphatic heterocycles. The number of aromatic nitrogens is 5. The van der Waals surface area contributed by atoms with Gasteiger partial charge in [0.15, 0.2) is 10.3 Å². The highest BCUT2D eigenvalue weighted by Crippen LogP contribution is 2.29. The number of nitrogens with zero attached hydrogens (tertiary/aromatic N) is 3. The van der Waals surface area contributed by atoms with Gasteiger partial charge in [0.2, 0.25) is 0 Å². The first kappa shape index (κ1) is 21.4. The third-order valence-electron chi connectivity index (χ3n) is 5.12. The quantitative estimate of drug-likeness (QED) is 0.182. The molecule has 0 fully saturated rings. The Morgan fingerprint density at radius 1 is 0.750 bits per heavy atom. The predicted octanol–water partition coefficient (Wildman–Crippen LogP) is 6.71. The van der Waals surface area contributed by atoms with Gasteiger partial charge < -0.3 is 9.97 Å². The van der Waals surface area contributed by atoms with Crippen LogP contribution in [0.25, 0.3) is 22.1 Å². The Balaban J connectivity index is 1.12. The molecule has 5 rings (SSSR count). The lowest BCUT2D eigenvalue weighted by molar-refractivity contribution is 1.04. The molecule has 3 heterocycles. The normalized spacial score (nSPS) is 11.5. The van der Waals surface area contributed by atoms with Crippen molar-refractivity contribution in [2.45, 2.75) is 34.3 Å². The van der Waals surface area contributed by atoms with Gasteiger partial charge in [-0.05, 0) is 55.0 Å². The molecule has 2 N–H and O–H groups in total. The van der Waals surface area contributed by atoms with Gasteiger partial charge in [-0.25, -0.2) is 9.97 Å². The molecule has 5 nitrogen and oxygen atoms in total. The molecule has 32 heavy (non-hydrogen) atoms. The van der Waals surface area contributed by atoms with E-state index in [1.54, 1.807) is 23.5 Å². The first-order chi connectivity index (χ1) is 15.8. The largest absolute Gasteiger partial charge is 0.333 e. The molecule has 162 valence electrons.